The molecule has 3 aliphatic rings. The number of halogens is 1. The number of piperidine rings is 1. The van der Waals surface area contributed by atoms with E-state index in [2.05, 4.69) is 39.5 Å². The molecule has 1 aromatic heterocycles. The second-order valence-corrected chi connectivity index (χ2v) is 11.9. The quantitative estimate of drug-likeness (QED) is 0.343. The molecule has 208 valence electrons. The summed E-state index contributed by atoms with van der Waals surface area (Å²) in [5.74, 6) is -0.392. The molecule has 0 amide bonds. The van der Waals surface area contributed by atoms with E-state index in [9.17, 15) is 9.90 Å². The third-order valence-electron chi connectivity index (χ3n) is 9.21. The maximum Gasteiger partial charge on any atom is 0.335 e. The van der Waals surface area contributed by atoms with Crippen LogP contribution in [0.3, 0.4) is 0 Å². The van der Waals surface area contributed by atoms with E-state index in [4.69, 9.17) is 16.3 Å². The summed E-state index contributed by atoms with van der Waals surface area (Å²) in [5.41, 5.74) is 6.38. The summed E-state index contributed by atoms with van der Waals surface area (Å²) in [4.78, 5) is 16.8. The van der Waals surface area contributed by atoms with Crippen LogP contribution in [0.2, 0.25) is 5.02 Å². The van der Waals surface area contributed by atoms with Crippen molar-refractivity contribution in [3.63, 3.8) is 0 Å². The molecular formula is C32H40ClN3O3. The van der Waals surface area contributed by atoms with Crippen LogP contribution in [0.5, 0.6) is 0 Å². The largest absolute Gasteiger partial charge is 0.478 e. The summed E-state index contributed by atoms with van der Waals surface area (Å²) in [7, 11) is 0. The monoisotopic (exact) mass is 549 g/mol. The number of fused-ring (bicyclic) bond motifs is 5. The van der Waals surface area contributed by atoms with Gasteiger partial charge in [-0.15, -0.1) is 0 Å². The average molecular weight is 550 g/mol. The number of aromatic carboxylic acids is 1. The number of benzene rings is 2. The number of ether oxygens (including phenoxy) is 1. The van der Waals surface area contributed by atoms with Gasteiger partial charge in [-0.1, -0.05) is 43.9 Å². The molecule has 0 spiro atoms. The van der Waals surface area contributed by atoms with Crippen molar-refractivity contribution in [1.29, 1.82) is 0 Å². The number of carbonyl (C=O) groups is 1. The number of rotatable bonds is 7. The molecule has 1 N–H and O–H groups in total. The maximum atomic E-state index is 11.9. The standard InChI is InChI=1S/C32H40ClN3O3/c1-2-34-14-12-25(13-15-34)39-19-18-35-16-17-36-29-20-23(32(37)38)8-10-26(29)30(22-6-4-3-5-7-22)31(36)27-11-9-24(33)21-28(27)35/h8-11,20-22,25H,2-7,12-19H2,1H3,(H,37,38). The van der Waals surface area contributed by atoms with E-state index in [1.807, 2.05) is 12.1 Å². The molecule has 0 radical (unpaired) electrons. The second kappa shape index (κ2) is 11.5. The minimum absolute atomic E-state index is 0.337. The Labute approximate surface area is 236 Å². The van der Waals surface area contributed by atoms with Crippen molar-refractivity contribution in [2.75, 3.05) is 44.2 Å². The number of likely N-dealkylation sites (tertiary alicyclic amines) is 1. The second-order valence-electron chi connectivity index (χ2n) is 11.4. The van der Waals surface area contributed by atoms with Crippen molar-refractivity contribution in [2.24, 2.45) is 0 Å². The molecule has 39 heavy (non-hydrogen) atoms. The molecule has 2 aromatic carbocycles. The molecule has 0 atom stereocenters. The lowest BCUT2D eigenvalue weighted by Crippen LogP contribution is -2.38. The fourth-order valence-electron chi connectivity index (χ4n) is 7.10. The van der Waals surface area contributed by atoms with Crippen molar-refractivity contribution in [2.45, 2.75) is 70.4 Å². The lowest BCUT2D eigenvalue weighted by atomic mass is 9.81. The predicted octanol–water partition coefficient (Wildman–Crippen LogP) is 7.03. The highest BCUT2D eigenvalue weighted by atomic mass is 35.5. The van der Waals surface area contributed by atoms with E-state index >= 15 is 0 Å². The minimum atomic E-state index is -0.879. The number of hydrogen-bond donors (Lipinski definition) is 1. The Kier molecular flexibility index (Phi) is 7.88. The highest BCUT2D eigenvalue weighted by Crippen LogP contribution is 2.47. The van der Waals surface area contributed by atoms with Gasteiger partial charge in [-0.05, 0) is 74.0 Å². The van der Waals surface area contributed by atoms with Gasteiger partial charge in [-0.25, -0.2) is 4.79 Å². The Morgan fingerprint density at radius 3 is 2.54 bits per heavy atom. The van der Waals surface area contributed by atoms with Crippen molar-refractivity contribution in [3.8, 4) is 11.3 Å². The van der Waals surface area contributed by atoms with E-state index in [0.717, 1.165) is 68.3 Å². The van der Waals surface area contributed by atoms with Gasteiger partial charge in [0.05, 0.1) is 24.0 Å². The van der Waals surface area contributed by atoms with Gasteiger partial charge in [0.1, 0.15) is 0 Å². The van der Waals surface area contributed by atoms with Crippen molar-refractivity contribution < 1.29 is 14.6 Å². The van der Waals surface area contributed by atoms with Gasteiger partial charge in [0.15, 0.2) is 0 Å². The Morgan fingerprint density at radius 1 is 1.00 bits per heavy atom. The summed E-state index contributed by atoms with van der Waals surface area (Å²) in [6.07, 6.45) is 8.70. The molecule has 2 fully saturated rings. The van der Waals surface area contributed by atoms with Crippen molar-refractivity contribution >= 4 is 34.2 Å². The van der Waals surface area contributed by atoms with Crippen LogP contribution in [0, 0.1) is 0 Å². The highest BCUT2D eigenvalue weighted by molar-refractivity contribution is 6.31. The molecule has 2 aliphatic heterocycles. The molecule has 6 rings (SSSR count). The SMILES string of the molecule is CCN1CCC(OCCN2CCn3c(c(C4CCCCC4)c4ccc(C(=O)O)cc43)-c3ccc(Cl)cc32)CC1. The number of carboxylic acids is 1. The van der Waals surface area contributed by atoms with Gasteiger partial charge in [0.2, 0.25) is 0 Å². The van der Waals surface area contributed by atoms with Crippen molar-refractivity contribution in [3.05, 3.63) is 52.5 Å². The third-order valence-corrected chi connectivity index (χ3v) is 9.44. The summed E-state index contributed by atoms with van der Waals surface area (Å²) < 4.78 is 8.77. The Hall–Kier alpha value is -2.54. The van der Waals surface area contributed by atoms with Gasteiger partial charge < -0.3 is 24.2 Å². The third kappa shape index (κ3) is 5.31. The number of nitrogens with zero attached hydrogens (tertiary/aromatic N) is 3. The van der Waals surface area contributed by atoms with Gasteiger partial charge in [0, 0.05) is 59.9 Å². The Morgan fingerprint density at radius 2 is 1.79 bits per heavy atom. The molecule has 0 bridgehead atoms. The molecular weight excluding hydrogens is 510 g/mol. The van der Waals surface area contributed by atoms with Gasteiger partial charge >= 0.3 is 5.97 Å². The van der Waals surface area contributed by atoms with Crippen LogP contribution < -0.4 is 4.90 Å². The predicted molar refractivity (Wildman–Crippen MR) is 158 cm³/mol. The summed E-state index contributed by atoms with van der Waals surface area (Å²) >= 11 is 6.59. The topological polar surface area (TPSA) is 57.9 Å². The number of carboxylic acid groups (broad SMARTS) is 1. The normalized spacial score (nSPS) is 19.2. The van der Waals surface area contributed by atoms with Crippen LogP contribution in [0.1, 0.15) is 73.7 Å². The Bertz CT molecular complexity index is 1340. The van der Waals surface area contributed by atoms with Crippen molar-refractivity contribution in [1.82, 2.24) is 9.47 Å². The first-order chi connectivity index (χ1) is 19.0. The molecule has 6 nitrogen and oxygen atoms in total. The molecule has 7 heteroatoms. The van der Waals surface area contributed by atoms with Crippen LogP contribution in [-0.4, -0.2) is 66.0 Å². The molecule has 1 saturated carbocycles. The number of anilines is 1. The molecule has 0 unspecified atom stereocenters. The first kappa shape index (κ1) is 26.7. The van der Waals surface area contributed by atoms with Gasteiger partial charge in [0.25, 0.3) is 0 Å². The van der Waals surface area contributed by atoms with E-state index in [1.54, 1.807) is 6.07 Å². The maximum absolute atomic E-state index is 11.9. The summed E-state index contributed by atoms with van der Waals surface area (Å²) in [6.45, 7) is 8.70. The smallest absolute Gasteiger partial charge is 0.335 e. The van der Waals surface area contributed by atoms with E-state index in [-0.39, 0.29) is 0 Å². The average Bonchev–Trinajstić information content (AvgIpc) is 3.20. The van der Waals surface area contributed by atoms with Crippen LogP contribution in [0.25, 0.3) is 22.2 Å². The first-order valence-electron chi connectivity index (χ1n) is 14.8. The van der Waals surface area contributed by atoms with E-state index < -0.39 is 5.97 Å². The molecule has 1 aliphatic carbocycles. The zero-order valence-electron chi connectivity index (χ0n) is 23.0. The highest BCUT2D eigenvalue weighted by Gasteiger charge is 2.31. The van der Waals surface area contributed by atoms with Crippen LogP contribution in [0.15, 0.2) is 36.4 Å². The van der Waals surface area contributed by atoms with E-state index in [1.165, 1.54) is 54.3 Å². The lowest BCUT2D eigenvalue weighted by Gasteiger charge is -2.32. The van der Waals surface area contributed by atoms with Gasteiger partial charge in [-0.3, -0.25) is 0 Å². The first-order valence-corrected chi connectivity index (χ1v) is 15.2. The molecule has 3 aromatic rings. The number of aromatic nitrogens is 1. The van der Waals surface area contributed by atoms with Crippen LogP contribution >= 0.6 is 11.6 Å². The summed E-state index contributed by atoms with van der Waals surface area (Å²) in [6, 6.07) is 12.0. The van der Waals surface area contributed by atoms with Crippen LogP contribution in [0.4, 0.5) is 5.69 Å². The molecule has 3 heterocycles. The summed E-state index contributed by atoms with van der Waals surface area (Å²) in [5, 5.41) is 11.7. The zero-order valence-corrected chi connectivity index (χ0v) is 23.8. The van der Waals surface area contributed by atoms with Gasteiger partial charge in [-0.2, -0.15) is 0 Å². The fraction of sp³-hybridized carbons (Fsp3) is 0.531. The van der Waals surface area contributed by atoms with Crippen LogP contribution in [-0.2, 0) is 11.3 Å². The number of hydrogen-bond acceptors (Lipinski definition) is 4. The lowest BCUT2D eigenvalue weighted by molar-refractivity contribution is 0.0121. The fourth-order valence-corrected chi connectivity index (χ4v) is 7.26. The van der Waals surface area contributed by atoms with E-state index in [0.29, 0.717) is 24.2 Å². The zero-order chi connectivity index (χ0) is 26.9. The Balaban J connectivity index is 1.36. The molecule has 1 saturated heterocycles. The minimum Gasteiger partial charge on any atom is -0.478 e.